The molecule has 29 heavy (non-hydrogen) atoms. The van der Waals surface area contributed by atoms with Crippen molar-refractivity contribution in [3.8, 4) is 0 Å². The summed E-state index contributed by atoms with van der Waals surface area (Å²) in [5.74, 6) is 2.50. The van der Waals surface area contributed by atoms with Gasteiger partial charge in [-0.05, 0) is 44.9 Å². The van der Waals surface area contributed by atoms with Crippen molar-refractivity contribution in [3.63, 3.8) is 0 Å². The van der Waals surface area contributed by atoms with Gasteiger partial charge in [-0.2, -0.15) is 0 Å². The van der Waals surface area contributed by atoms with Crippen molar-refractivity contribution in [2.75, 3.05) is 31.1 Å². The number of anilines is 1. The van der Waals surface area contributed by atoms with Gasteiger partial charge in [-0.15, -0.1) is 0 Å². The Hall–Kier alpha value is -2.67. The van der Waals surface area contributed by atoms with Gasteiger partial charge in [0.2, 0.25) is 5.89 Å². The van der Waals surface area contributed by atoms with Crippen molar-refractivity contribution < 1.29 is 4.42 Å². The van der Waals surface area contributed by atoms with Crippen LogP contribution in [0.1, 0.15) is 50.3 Å². The van der Waals surface area contributed by atoms with Gasteiger partial charge in [-0.25, -0.2) is 9.97 Å². The number of fused-ring (bicyclic) bond motifs is 1. The van der Waals surface area contributed by atoms with Crippen LogP contribution in [0.2, 0.25) is 0 Å². The van der Waals surface area contributed by atoms with Crippen molar-refractivity contribution in [3.05, 3.63) is 52.7 Å². The molecular weight excluding hydrogens is 366 g/mol. The van der Waals surface area contributed by atoms with Gasteiger partial charge in [0.15, 0.2) is 0 Å². The van der Waals surface area contributed by atoms with Gasteiger partial charge in [0.1, 0.15) is 5.76 Å². The van der Waals surface area contributed by atoms with E-state index in [0.717, 1.165) is 55.6 Å². The van der Waals surface area contributed by atoms with Crippen LogP contribution in [-0.4, -0.2) is 45.6 Å². The molecule has 0 spiro atoms. The second kappa shape index (κ2) is 7.30. The molecule has 152 valence electrons. The zero-order chi connectivity index (χ0) is 20.0. The van der Waals surface area contributed by atoms with Crippen molar-refractivity contribution in [1.29, 1.82) is 0 Å². The minimum atomic E-state index is 0.0258. The zero-order valence-corrected chi connectivity index (χ0v) is 17.0. The maximum Gasteiger partial charge on any atom is 0.261 e. The lowest BCUT2D eigenvalue weighted by Gasteiger charge is -2.35. The molecule has 1 saturated heterocycles. The lowest BCUT2D eigenvalue weighted by atomic mass is 10.2. The van der Waals surface area contributed by atoms with E-state index in [4.69, 9.17) is 4.42 Å². The summed E-state index contributed by atoms with van der Waals surface area (Å²) in [6, 6.07) is 6.10. The van der Waals surface area contributed by atoms with Crippen LogP contribution >= 0.6 is 0 Å². The summed E-state index contributed by atoms with van der Waals surface area (Å²) in [5, 5.41) is 0.680. The van der Waals surface area contributed by atoms with Gasteiger partial charge >= 0.3 is 0 Å². The average molecular weight is 393 g/mol. The fourth-order valence-electron chi connectivity index (χ4n) is 4.00. The lowest BCUT2D eigenvalue weighted by molar-refractivity contribution is 0.224. The molecule has 2 fully saturated rings. The predicted octanol–water partition coefficient (Wildman–Crippen LogP) is 3.17. The third kappa shape index (κ3) is 3.67. The highest BCUT2D eigenvalue weighted by atomic mass is 16.4. The monoisotopic (exact) mass is 393 g/mol. The Labute approximate surface area is 170 Å². The molecule has 0 bridgehead atoms. The van der Waals surface area contributed by atoms with Crippen LogP contribution in [-0.2, 0) is 6.54 Å². The normalized spacial score (nSPS) is 18.1. The number of benzene rings is 1. The SMILES string of the molecule is CC(C)n1cnc2cc(N3CCN(Cc4ncc(C5CC5)o4)CC3)ccc2c1=O. The Morgan fingerprint density at radius 1 is 1.14 bits per heavy atom. The topological polar surface area (TPSA) is 67.4 Å². The van der Waals surface area contributed by atoms with Gasteiger partial charge in [0.25, 0.3) is 5.56 Å². The molecule has 1 aliphatic carbocycles. The van der Waals surface area contributed by atoms with Gasteiger partial charge < -0.3 is 9.32 Å². The highest BCUT2D eigenvalue weighted by molar-refractivity contribution is 5.81. The smallest absolute Gasteiger partial charge is 0.261 e. The van der Waals surface area contributed by atoms with E-state index in [0.29, 0.717) is 11.3 Å². The van der Waals surface area contributed by atoms with E-state index >= 15 is 0 Å². The molecule has 7 heteroatoms. The van der Waals surface area contributed by atoms with Crippen LogP contribution < -0.4 is 10.5 Å². The number of piperazine rings is 1. The van der Waals surface area contributed by atoms with E-state index < -0.39 is 0 Å². The first-order valence-corrected chi connectivity index (χ1v) is 10.5. The van der Waals surface area contributed by atoms with Crippen LogP contribution in [0.3, 0.4) is 0 Å². The summed E-state index contributed by atoms with van der Waals surface area (Å²) in [6.45, 7) is 8.55. The number of rotatable bonds is 5. The Bertz CT molecular complexity index is 1070. The molecule has 0 N–H and O–H groups in total. The van der Waals surface area contributed by atoms with E-state index in [9.17, 15) is 4.79 Å². The third-order valence-corrected chi connectivity index (χ3v) is 5.97. The molecule has 3 heterocycles. The summed E-state index contributed by atoms with van der Waals surface area (Å²) in [6.07, 6.45) is 6.03. The summed E-state index contributed by atoms with van der Waals surface area (Å²) >= 11 is 0. The summed E-state index contributed by atoms with van der Waals surface area (Å²) in [4.78, 5) is 26.3. The molecule has 1 aromatic carbocycles. The molecular formula is C22H27N5O2. The molecule has 7 nitrogen and oxygen atoms in total. The van der Waals surface area contributed by atoms with E-state index in [-0.39, 0.29) is 11.6 Å². The van der Waals surface area contributed by atoms with E-state index in [2.05, 4.69) is 19.8 Å². The highest BCUT2D eigenvalue weighted by Crippen LogP contribution is 2.40. The Morgan fingerprint density at radius 3 is 2.66 bits per heavy atom. The van der Waals surface area contributed by atoms with Gasteiger partial charge in [0, 0.05) is 43.8 Å². The maximum absolute atomic E-state index is 12.6. The first kappa shape index (κ1) is 18.4. The second-order valence-electron chi connectivity index (χ2n) is 8.45. The van der Waals surface area contributed by atoms with Crippen LogP contribution in [0.4, 0.5) is 5.69 Å². The van der Waals surface area contributed by atoms with Gasteiger partial charge in [0.05, 0.1) is 30.0 Å². The number of aromatic nitrogens is 3. The maximum atomic E-state index is 12.6. The molecule has 5 rings (SSSR count). The van der Waals surface area contributed by atoms with Gasteiger partial charge in [-0.1, -0.05) is 0 Å². The quantitative estimate of drug-likeness (QED) is 0.663. The number of oxazole rings is 1. The van der Waals surface area contributed by atoms with Crippen molar-refractivity contribution in [2.45, 2.75) is 45.2 Å². The first-order valence-electron chi connectivity index (χ1n) is 10.5. The zero-order valence-electron chi connectivity index (χ0n) is 17.0. The standard InChI is InChI=1S/C22H27N5O2/c1-15(2)27-14-24-19-11-17(5-6-18(19)22(27)28)26-9-7-25(8-10-26)13-21-23-12-20(29-21)16-3-4-16/h5-6,11-12,14-16H,3-4,7-10,13H2,1-2H3. The summed E-state index contributed by atoms with van der Waals surface area (Å²) in [5.41, 5.74) is 1.91. The minimum absolute atomic E-state index is 0.0258. The Kier molecular flexibility index (Phi) is 4.62. The van der Waals surface area contributed by atoms with Gasteiger partial charge in [-0.3, -0.25) is 14.3 Å². The molecule has 1 aliphatic heterocycles. The number of hydrogen-bond acceptors (Lipinski definition) is 6. The van der Waals surface area contributed by atoms with E-state index in [1.54, 1.807) is 10.9 Å². The van der Waals surface area contributed by atoms with E-state index in [1.807, 2.05) is 38.2 Å². The summed E-state index contributed by atoms with van der Waals surface area (Å²) in [7, 11) is 0. The van der Waals surface area contributed by atoms with Crippen molar-refractivity contribution in [2.24, 2.45) is 0 Å². The van der Waals surface area contributed by atoms with Crippen LogP contribution in [0, 0.1) is 0 Å². The first-order chi connectivity index (χ1) is 14.1. The molecule has 3 aromatic rings. The van der Waals surface area contributed by atoms with Crippen molar-refractivity contribution >= 4 is 16.6 Å². The Morgan fingerprint density at radius 2 is 1.93 bits per heavy atom. The fourth-order valence-corrected chi connectivity index (χ4v) is 4.00. The molecule has 2 aliphatic rings. The minimum Gasteiger partial charge on any atom is -0.444 e. The van der Waals surface area contributed by atoms with Crippen LogP contribution in [0.25, 0.3) is 10.9 Å². The number of hydrogen-bond donors (Lipinski definition) is 0. The van der Waals surface area contributed by atoms with E-state index in [1.165, 1.54) is 12.8 Å². The fraction of sp³-hybridized carbons (Fsp3) is 0.500. The third-order valence-electron chi connectivity index (χ3n) is 5.97. The van der Waals surface area contributed by atoms with Crippen LogP contribution in [0.5, 0.6) is 0 Å². The molecule has 0 atom stereocenters. The average Bonchev–Trinajstić information content (AvgIpc) is 3.47. The molecule has 2 aromatic heterocycles. The van der Waals surface area contributed by atoms with Crippen molar-refractivity contribution in [1.82, 2.24) is 19.4 Å². The molecule has 0 unspecified atom stereocenters. The highest BCUT2D eigenvalue weighted by Gasteiger charge is 2.28. The molecule has 0 radical (unpaired) electrons. The largest absolute Gasteiger partial charge is 0.444 e. The lowest BCUT2D eigenvalue weighted by Crippen LogP contribution is -2.46. The summed E-state index contributed by atoms with van der Waals surface area (Å²) < 4.78 is 7.58. The van der Waals surface area contributed by atoms with Crippen LogP contribution in [0.15, 0.2) is 39.9 Å². The second-order valence-corrected chi connectivity index (χ2v) is 8.45. The molecule has 1 saturated carbocycles. The predicted molar refractivity (Wildman–Crippen MR) is 112 cm³/mol. The Balaban J connectivity index is 1.25. The number of nitrogens with zero attached hydrogens (tertiary/aromatic N) is 5. The molecule has 0 amide bonds.